The van der Waals surface area contributed by atoms with Crippen molar-refractivity contribution in [2.45, 2.75) is 6.36 Å². The first kappa shape index (κ1) is 17.5. The molecule has 8 heteroatoms. The fraction of sp³-hybridized carbons (Fsp3) is 0.188. The lowest BCUT2D eigenvalue weighted by molar-refractivity contribution is -0.274. The predicted molar refractivity (Wildman–Crippen MR) is 80.7 cm³/mol. The van der Waals surface area contributed by atoms with Gasteiger partial charge in [0.05, 0.1) is 31.2 Å². The second-order valence-corrected chi connectivity index (χ2v) is 4.57. The lowest BCUT2D eigenvalue weighted by atomic mass is 10.1. The molecule has 1 N–H and O–H groups in total. The van der Waals surface area contributed by atoms with Crippen molar-refractivity contribution in [1.29, 1.82) is 0 Å². The van der Waals surface area contributed by atoms with E-state index in [0.29, 0.717) is 5.75 Å². The van der Waals surface area contributed by atoms with Crippen molar-refractivity contribution in [2.75, 3.05) is 19.5 Å². The summed E-state index contributed by atoms with van der Waals surface area (Å²) in [6.07, 6.45) is -4.84. The first-order valence-electron chi connectivity index (χ1n) is 6.72. The number of carbonyl (C=O) groups is 1. The Kier molecular flexibility index (Phi) is 5.18. The third-order valence-corrected chi connectivity index (χ3v) is 3.01. The molecule has 0 unspecified atom stereocenters. The van der Waals surface area contributed by atoms with Crippen LogP contribution in [-0.2, 0) is 4.74 Å². The molecule has 0 aliphatic carbocycles. The van der Waals surface area contributed by atoms with E-state index in [9.17, 15) is 18.0 Å². The van der Waals surface area contributed by atoms with Crippen LogP contribution in [0.25, 0.3) is 0 Å². The van der Waals surface area contributed by atoms with Gasteiger partial charge in [0.25, 0.3) is 0 Å². The van der Waals surface area contributed by atoms with E-state index in [4.69, 9.17) is 4.74 Å². The molecule has 128 valence electrons. The molecule has 0 saturated heterocycles. The summed E-state index contributed by atoms with van der Waals surface area (Å²) in [5, 5.41) is 2.75. The minimum absolute atomic E-state index is 0.0354. The van der Waals surface area contributed by atoms with Crippen molar-refractivity contribution in [3.05, 3.63) is 48.0 Å². The highest BCUT2D eigenvalue weighted by Gasteiger charge is 2.32. The maximum Gasteiger partial charge on any atom is 0.573 e. The Hall–Kier alpha value is -2.90. The Morgan fingerprint density at radius 2 is 1.75 bits per heavy atom. The Labute approximate surface area is 135 Å². The Balaban J connectivity index is 2.42. The fourth-order valence-electron chi connectivity index (χ4n) is 1.97. The average Bonchev–Trinajstić information content (AvgIpc) is 2.54. The van der Waals surface area contributed by atoms with Crippen LogP contribution >= 0.6 is 0 Å². The van der Waals surface area contributed by atoms with Crippen LogP contribution < -0.4 is 14.8 Å². The summed E-state index contributed by atoms with van der Waals surface area (Å²) >= 11 is 0. The number of halogens is 3. The molecule has 0 aliphatic heterocycles. The van der Waals surface area contributed by atoms with E-state index in [1.807, 2.05) is 0 Å². The Morgan fingerprint density at radius 3 is 2.38 bits per heavy atom. The lowest BCUT2D eigenvalue weighted by Crippen LogP contribution is -2.18. The van der Waals surface area contributed by atoms with Gasteiger partial charge in [0.2, 0.25) is 0 Å². The molecule has 5 nitrogen and oxygen atoms in total. The number of rotatable bonds is 5. The van der Waals surface area contributed by atoms with Crippen LogP contribution in [0.1, 0.15) is 10.4 Å². The van der Waals surface area contributed by atoms with Gasteiger partial charge in [-0.25, -0.2) is 4.79 Å². The topological polar surface area (TPSA) is 56.8 Å². The third-order valence-electron chi connectivity index (χ3n) is 3.01. The number of benzene rings is 2. The van der Waals surface area contributed by atoms with Gasteiger partial charge in [0.1, 0.15) is 5.75 Å². The highest BCUT2D eigenvalue weighted by Crippen LogP contribution is 2.34. The molecule has 24 heavy (non-hydrogen) atoms. The number of carbonyl (C=O) groups excluding carboxylic acids is 1. The zero-order chi connectivity index (χ0) is 17.7. The first-order chi connectivity index (χ1) is 11.3. The number of anilines is 2. The van der Waals surface area contributed by atoms with E-state index in [0.717, 1.165) is 6.07 Å². The second kappa shape index (κ2) is 7.12. The molecule has 2 aromatic carbocycles. The van der Waals surface area contributed by atoms with Crippen molar-refractivity contribution in [3.8, 4) is 11.5 Å². The highest BCUT2D eigenvalue weighted by atomic mass is 19.4. The van der Waals surface area contributed by atoms with Crippen LogP contribution in [0.2, 0.25) is 0 Å². The van der Waals surface area contributed by atoms with Crippen LogP contribution in [0.5, 0.6) is 11.5 Å². The SMILES string of the molecule is COC(=O)c1ccc(OC)cc1Nc1ccccc1OC(F)(F)F. The summed E-state index contributed by atoms with van der Waals surface area (Å²) in [7, 11) is 2.63. The van der Waals surface area contributed by atoms with E-state index in [1.165, 1.54) is 50.6 Å². The van der Waals surface area contributed by atoms with Crippen LogP contribution in [0.3, 0.4) is 0 Å². The quantitative estimate of drug-likeness (QED) is 0.829. The molecule has 0 fully saturated rings. The van der Waals surface area contributed by atoms with Gasteiger partial charge < -0.3 is 19.5 Å². The fourth-order valence-corrected chi connectivity index (χ4v) is 1.97. The molecule has 0 bridgehead atoms. The first-order valence-corrected chi connectivity index (χ1v) is 6.72. The number of hydrogen-bond acceptors (Lipinski definition) is 5. The van der Waals surface area contributed by atoms with Crippen LogP contribution in [0.15, 0.2) is 42.5 Å². The second-order valence-electron chi connectivity index (χ2n) is 4.57. The largest absolute Gasteiger partial charge is 0.573 e. The molecule has 0 atom stereocenters. The van der Waals surface area contributed by atoms with Gasteiger partial charge in [-0.1, -0.05) is 12.1 Å². The summed E-state index contributed by atoms with van der Waals surface area (Å²) in [5.41, 5.74) is 0.396. The maximum absolute atomic E-state index is 12.5. The Morgan fingerprint density at radius 1 is 1.04 bits per heavy atom. The van der Waals surface area contributed by atoms with Crippen molar-refractivity contribution < 1.29 is 32.2 Å². The molecule has 0 aliphatic rings. The third kappa shape index (κ3) is 4.31. The van der Waals surface area contributed by atoms with Gasteiger partial charge in [-0.05, 0) is 24.3 Å². The van der Waals surface area contributed by atoms with Gasteiger partial charge in [0.15, 0.2) is 5.75 Å². The molecule has 0 amide bonds. The molecule has 0 aromatic heterocycles. The van der Waals surface area contributed by atoms with Gasteiger partial charge in [0, 0.05) is 6.07 Å². The van der Waals surface area contributed by atoms with Crippen LogP contribution in [-0.4, -0.2) is 26.6 Å². The van der Waals surface area contributed by atoms with Crippen molar-refractivity contribution in [2.24, 2.45) is 0 Å². The lowest BCUT2D eigenvalue weighted by Gasteiger charge is -2.16. The van der Waals surface area contributed by atoms with Crippen molar-refractivity contribution in [3.63, 3.8) is 0 Å². The zero-order valence-corrected chi connectivity index (χ0v) is 12.8. The van der Waals surface area contributed by atoms with Gasteiger partial charge >= 0.3 is 12.3 Å². The number of alkyl halides is 3. The van der Waals surface area contributed by atoms with Crippen molar-refractivity contribution >= 4 is 17.3 Å². The summed E-state index contributed by atoms with van der Waals surface area (Å²) in [6.45, 7) is 0. The molecule has 0 saturated carbocycles. The summed E-state index contributed by atoms with van der Waals surface area (Å²) in [5.74, 6) is -0.655. The van der Waals surface area contributed by atoms with E-state index >= 15 is 0 Å². The van der Waals surface area contributed by atoms with E-state index in [-0.39, 0.29) is 16.9 Å². The maximum atomic E-state index is 12.5. The zero-order valence-electron chi connectivity index (χ0n) is 12.8. The molecule has 2 rings (SSSR count). The van der Waals surface area contributed by atoms with Gasteiger partial charge in [-0.3, -0.25) is 0 Å². The summed E-state index contributed by atoms with van der Waals surface area (Å²) < 4.78 is 51.2. The monoisotopic (exact) mass is 341 g/mol. The van der Waals surface area contributed by atoms with Crippen LogP contribution in [0.4, 0.5) is 24.5 Å². The molecule has 0 spiro atoms. The van der Waals surface area contributed by atoms with Crippen molar-refractivity contribution in [1.82, 2.24) is 0 Å². The highest BCUT2D eigenvalue weighted by molar-refractivity contribution is 5.97. The van der Waals surface area contributed by atoms with Gasteiger partial charge in [-0.2, -0.15) is 0 Å². The molecule has 0 radical (unpaired) electrons. The van der Waals surface area contributed by atoms with Gasteiger partial charge in [-0.15, -0.1) is 13.2 Å². The molecule has 0 heterocycles. The number of esters is 1. The Bertz CT molecular complexity index is 732. The normalized spacial score (nSPS) is 10.9. The van der Waals surface area contributed by atoms with E-state index in [2.05, 4.69) is 14.8 Å². The molecule has 2 aromatic rings. The van der Waals surface area contributed by atoms with E-state index < -0.39 is 18.1 Å². The standard InChI is InChI=1S/C16H14F3NO4/c1-22-10-7-8-11(15(21)23-2)13(9-10)20-12-5-3-4-6-14(12)24-16(17,18)19/h3-9,20H,1-2H3. The summed E-state index contributed by atoms with van der Waals surface area (Å²) in [6, 6.07) is 9.93. The van der Waals surface area contributed by atoms with E-state index in [1.54, 1.807) is 0 Å². The minimum Gasteiger partial charge on any atom is -0.497 e. The number of ether oxygens (including phenoxy) is 3. The summed E-state index contributed by atoms with van der Waals surface area (Å²) in [4.78, 5) is 11.8. The number of methoxy groups -OCH3 is 2. The number of nitrogens with one attached hydrogen (secondary N) is 1. The smallest absolute Gasteiger partial charge is 0.497 e. The number of hydrogen-bond donors (Lipinski definition) is 1. The average molecular weight is 341 g/mol. The molecular weight excluding hydrogens is 327 g/mol. The molecular formula is C16H14F3NO4. The number of para-hydroxylation sites is 2. The minimum atomic E-state index is -4.84. The predicted octanol–water partition coefficient (Wildman–Crippen LogP) is 4.12. The van der Waals surface area contributed by atoms with Crippen LogP contribution in [0, 0.1) is 0 Å².